The van der Waals surface area contributed by atoms with Crippen molar-refractivity contribution in [1.29, 1.82) is 0 Å². The molecule has 0 aliphatic carbocycles. The van der Waals surface area contributed by atoms with E-state index in [4.69, 9.17) is 0 Å². The Labute approximate surface area is 113 Å². The Hall–Kier alpha value is -0.720. The second-order valence-electron chi connectivity index (χ2n) is 4.18. The Morgan fingerprint density at radius 3 is 2.44 bits per heavy atom. The van der Waals surface area contributed by atoms with Gasteiger partial charge in [-0.25, -0.2) is 0 Å². The number of nitrogens with zero attached hydrogens (tertiary/aromatic N) is 3. The van der Waals surface area contributed by atoms with Gasteiger partial charge in [-0.2, -0.15) is 18.3 Å². The number of aryl methyl sites for hydroxylation is 2. The van der Waals surface area contributed by atoms with Crippen molar-refractivity contribution in [3.05, 3.63) is 11.3 Å². The van der Waals surface area contributed by atoms with E-state index in [0.717, 1.165) is 11.3 Å². The van der Waals surface area contributed by atoms with Gasteiger partial charge >= 0.3 is 6.18 Å². The van der Waals surface area contributed by atoms with Gasteiger partial charge in [-0.1, -0.05) is 22.9 Å². The van der Waals surface area contributed by atoms with Crippen LogP contribution in [0.3, 0.4) is 0 Å². The minimum Gasteiger partial charge on any atom is -0.347 e. The number of aromatic nitrogens is 2. The van der Waals surface area contributed by atoms with E-state index in [1.165, 1.54) is 9.58 Å². The van der Waals surface area contributed by atoms with Crippen LogP contribution in [-0.2, 0) is 12.4 Å². The second kappa shape index (κ2) is 5.95. The maximum Gasteiger partial charge on any atom is 0.405 e. The molecule has 1 rings (SSSR count). The molecule has 18 heavy (non-hydrogen) atoms. The predicted molar refractivity (Wildman–Crippen MR) is 69.1 cm³/mol. The predicted octanol–water partition coefficient (Wildman–Crippen LogP) is 3.40. The van der Waals surface area contributed by atoms with E-state index in [2.05, 4.69) is 21.0 Å². The molecule has 0 radical (unpaired) electrons. The third-order valence-electron chi connectivity index (χ3n) is 2.61. The third kappa shape index (κ3) is 3.63. The number of hydrogen-bond donors (Lipinski definition) is 0. The van der Waals surface area contributed by atoms with Gasteiger partial charge in [0.15, 0.2) is 0 Å². The molecule has 104 valence electrons. The largest absolute Gasteiger partial charge is 0.405 e. The summed E-state index contributed by atoms with van der Waals surface area (Å²) < 4.78 is 39.3. The monoisotopic (exact) mass is 327 g/mol. The van der Waals surface area contributed by atoms with Crippen molar-refractivity contribution < 1.29 is 13.2 Å². The minimum atomic E-state index is -4.21. The molecule has 1 aromatic heterocycles. The van der Waals surface area contributed by atoms with Crippen molar-refractivity contribution in [3.8, 4) is 0 Å². The molecule has 0 saturated heterocycles. The Kier molecular flexibility index (Phi) is 5.07. The van der Waals surface area contributed by atoms with Crippen LogP contribution in [0.2, 0.25) is 0 Å². The molecule has 3 nitrogen and oxygen atoms in total. The summed E-state index contributed by atoms with van der Waals surface area (Å²) in [5, 5.41) is 4.69. The van der Waals surface area contributed by atoms with Crippen LogP contribution in [0.15, 0.2) is 0 Å². The SMILES string of the molecule is CCCN(CC(F)(F)F)c1c(CBr)c(C)nn1C. The first-order valence-electron chi connectivity index (χ1n) is 5.70. The molecule has 0 saturated carbocycles. The van der Waals surface area contributed by atoms with Crippen molar-refractivity contribution in [3.63, 3.8) is 0 Å². The molecule has 1 aromatic rings. The first-order chi connectivity index (χ1) is 8.30. The van der Waals surface area contributed by atoms with Crippen molar-refractivity contribution in [2.45, 2.75) is 31.8 Å². The Morgan fingerprint density at radius 2 is 2.00 bits per heavy atom. The lowest BCUT2D eigenvalue weighted by molar-refractivity contribution is -0.119. The van der Waals surface area contributed by atoms with Crippen molar-refractivity contribution >= 4 is 21.7 Å². The standard InChI is InChI=1S/C11H17BrF3N3/c1-4-5-18(7-11(13,14)15)10-9(6-12)8(2)16-17(10)3/h4-7H2,1-3H3. The van der Waals surface area contributed by atoms with E-state index in [0.29, 0.717) is 24.1 Å². The number of rotatable bonds is 5. The van der Waals surface area contributed by atoms with Gasteiger partial charge in [-0.05, 0) is 13.3 Å². The van der Waals surface area contributed by atoms with Crippen LogP contribution < -0.4 is 4.90 Å². The molecule has 0 unspecified atom stereocenters. The van der Waals surface area contributed by atoms with Gasteiger partial charge in [-0.15, -0.1) is 0 Å². The average molecular weight is 328 g/mol. The van der Waals surface area contributed by atoms with E-state index in [9.17, 15) is 13.2 Å². The molecule has 0 fully saturated rings. The van der Waals surface area contributed by atoms with Crippen LogP contribution >= 0.6 is 15.9 Å². The zero-order valence-corrected chi connectivity index (χ0v) is 12.3. The smallest absolute Gasteiger partial charge is 0.347 e. The maximum absolute atomic E-state index is 12.6. The van der Waals surface area contributed by atoms with E-state index in [1.807, 2.05) is 6.92 Å². The Bertz CT molecular complexity index is 401. The summed E-state index contributed by atoms with van der Waals surface area (Å²) in [6, 6.07) is 0. The van der Waals surface area contributed by atoms with Gasteiger partial charge in [0.1, 0.15) is 12.4 Å². The molecule has 7 heteroatoms. The second-order valence-corrected chi connectivity index (χ2v) is 4.74. The topological polar surface area (TPSA) is 21.1 Å². The highest BCUT2D eigenvalue weighted by Crippen LogP contribution is 2.28. The summed E-state index contributed by atoms with van der Waals surface area (Å²) in [4.78, 5) is 1.34. The molecule has 0 spiro atoms. The number of hydrogen-bond acceptors (Lipinski definition) is 2. The summed E-state index contributed by atoms with van der Waals surface area (Å²) >= 11 is 3.31. The molecular weight excluding hydrogens is 311 g/mol. The highest BCUT2D eigenvalue weighted by atomic mass is 79.9. The summed E-state index contributed by atoms with van der Waals surface area (Å²) in [6.45, 7) is 3.08. The van der Waals surface area contributed by atoms with Gasteiger partial charge in [0, 0.05) is 24.5 Å². The fraction of sp³-hybridized carbons (Fsp3) is 0.727. The molecule has 0 N–H and O–H groups in total. The molecular formula is C11H17BrF3N3. The molecule has 0 atom stereocenters. The maximum atomic E-state index is 12.6. The van der Waals surface area contributed by atoms with E-state index in [1.54, 1.807) is 14.0 Å². The van der Waals surface area contributed by atoms with Gasteiger partial charge in [0.05, 0.1) is 5.69 Å². The molecule has 0 amide bonds. The average Bonchev–Trinajstić information content (AvgIpc) is 2.50. The fourth-order valence-corrected chi connectivity index (χ4v) is 2.64. The highest BCUT2D eigenvalue weighted by Gasteiger charge is 2.32. The molecule has 0 aliphatic heterocycles. The van der Waals surface area contributed by atoms with Crippen molar-refractivity contribution in [1.82, 2.24) is 9.78 Å². The fourth-order valence-electron chi connectivity index (χ4n) is 1.99. The third-order valence-corrected chi connectivity index (χ3v) is 3.17. The summed E-state index contributed by atoms with van der Waals surface area (Å²) in [5.41, 5.74) is 1.57. The molecule has 0 aliphatic rings. The van der Waals surface area contributed by atoms with Gasteiger partial charge in [0.25, 0.3) is 0 Å². The van der Waals surface area contributed by atoms with Crippen molar-refractivity contribution in [2.24, 2.45) is 7.05 Å². The number of alkyl halides is 4. The lowest BCUT2D eigenvalue weighted by atomic mass is 10.2. The number of anilines is 1. The zero-order valence-electron chi connectivity index (χ0n) is 10.7. The van der Waals surface area contributed by atoms with Crippen LogP contribution in [0.5, 0.6) is 0 Å². The highest BCUT2D eigenvalue weighted by molar-refractivity contribution is 9.08. The van der Waals surface area contributed by atoms with Crippen molar-refractivity contribution in [2.75, 3.05) is 18.0 Å². The summed E-state index contributed by atoms with van der Waals surface area (Å²) in [6.07, 6.45) is -3.56. The minimum absolute atomic E-state index is 0.360. The zero-order chi connectivity index (χ0) is 13.9. The van der Waals surface area contributed by atoms with Crippen LogP contribution in [0.4, 0.5) is 19.0 Å². The Balaban J connectivity index is 3.12. The van der Waals surface area contributed by atoms with E-state index in [-0.39, 0.29) is 0 Å². The van der Waals surface area contributed by atoms with E-state index < -0.39 is 12.7 Å². The van der Waals surface area contributed by atoms with Crippen LogP contribution in [0.1, 0.15) is 24.6 Å². The lowest BCUT2D eigenvalue weighted by Crippen LogP contribution is -2.36. The van der Waals surface area contributed by atoms with E-state index >= 15 is 0 Å². The lowest BCUT2D eigenvalue weighted by Gasteiger charge is -2.26. The quantitative estimate of drug-likeness (QED) is 0.773. The van der Waals surface area contributed by atoms with Gasteiger partial charge < -0.3 is 4.90 Å². The summed E-state index contributed by atoms with van der Waals surface area (Å²) in [5.74, 6) is 0.545. The molecule has 1 heterocycles. The normalized spacial score (nSPS) is 11.9. The first-order valence-corrected chi connectivity index (χ1v) is 6.82. The number of halogens is 4. The molecule has 0 aromatic carbocycles. The summed E-state index contributed by atoms with van der Waals surface area (Å²) in [7, 11) is 1.67. The van der Waals surface area contributed by atoms with Crippen LogP contribution in [0, 0.1) is 6.92 Å². The molecule has 0 bridgehead atoms. The van der Waals surface area contributed by atoms with Crippen LogP contribution in [-0.4, -0.2) is 29.0 Å². The first kappa shape index (κ1) is 15.3. The van der Waals surface area contributed by atoms with Crippen LogP contribution in [0.25, 0.3) is 0 Å². The van der Waals surface area contributed by atoms with Gasteiger partial charge in [-0.3, -0.25) is 4.68 Å². The van der Waals surface area contributed by atoms with Gasteiger partial charge in [0.2, 0.25) is 0 Å². The Morgan fingerprint density at radius 1 is 1.39 bits per heavy atom.